The molecule has 1 amide bonds. The van der Waals surface area contributed by atoms with Gasteiger partial charge in [-0.15, -0.1) is 11.3 Å². The van der Waals surface area contributed by atoms with Crippen LogP contribution in [0.2, 0.25) is 10.0 Å². The molecule has 0 unspecified atom stereocenters. The maximum absolute atomic E-state index is 12.2. The normalized spacial score (nSPS) is 10.5. The zero-order valence-electron chi connectivity index (χ0n) is 11.0. The second-order valence-corrected chi connectivity index (χ2v) is 5.83. The van der Waals surface area contributed by atoms with Crippen LogP contribution < -0.4 is 5.32 Å². The molecule has 0 aliphatic heterocycles. The Labute approximate surface area is 140 Å². The fourth-order valence-corrected chi connectivity index (χ4v) is 2.80. The van der Waals surface area contributed by atoms with Crippen molar-refractivity contribution in [2.75, 3.05) is 5.32 Å². The van der Waals surface area contributed by atoms with Crippen LogP contribution in [0.25, 0.3) is 10.7 Å². The molecule has 0 saturated carbocycles. The maximum Gasteiger partial charge on any atom is 0.275 e. The van der Waals surface area contributed by atoms with Crippen molar-refractivity contribution in [2.45, 2.75) is 0 Å². The summed E-state index contributed by atoms with van der Waals surface area (Å²) in [5.74, 6) is -0.365. The number of rotatable bonds is 3. The summed E-state index contributed by atoms with van der Waals surface area (Å²) in [4.78, 5) is 24.6. The van der Waals surface area contributed by atoms with Gasteiger partial charge in [-0.2, -0.15) is 0 Å². The Hall–Kier alpha value is -2.02. The lowest BCUT2D eigenvalue weighted by atomic mass is 10.3. The van der Waals surface area contributed by atoms with E-state index in [1.54, 1.807) is 42.2 Å². The minimum atomic E-state index is -0.365. The first-order chi connectivity index (χ1) is 10.6. The van der Waals surface area contributed by atoms with Crippen LogP contribution in [0, 0.1) is 0 Å². The number of anilines is 1. The number of aromatic nitrogens is 3. The lowest BCUT2D eigenvalue weighted by Crippen LogP contribution is -2.12. The predicted molar refractivity (Wildman–Crippen MR) is 87.6 cm³/mol. The second kappa shape index (κ2) is 6.39. The van der Waals surface area contributed by atoms with Crippen LogP contribution in [0.5, 0.6) is 0 Å². The van der Waals surface area contributed by atoms with E-state index in [1.165, 1.54) is 11.3 Å². The average Bonchev–Trinajstić information content (AvgIpc) is 3.03. The number of thiazole rings is 1. The van der Waals surface area contributed by atoms with E-state index in [-0.39, 0.29) is 11.6 Å². The van der Waals surface area contributed by atoms with Crippen molar-refractivity contribution in [3.63, 3.8) is 0 Å². The Balaban J connectivity index is 1.82. The molecule has 5 nitrogen and oxygen atoms in total. The Morgan fingerprint density at radius 1 is 1.23 bits per heavy atom. The van der Waals surface area contributed by atoms with Crippen LogP contribution in [0.4, 0.5) is 5.69 Å². The number of halogens is 2. The van der Waals surface area contributed by atoms with Crippen LogP contribution in [0.1, 0.15) is 10.5 Å². The van der Waals surface area contributed by atoms with Gasteiger partial charge in [-0.05, 0) is 12.1 Å². The van der Waals surface area contributed by atoms with E-state index in [2.05, 4.69) is 20.3 Å². The zero-order valence-corrected chi connectivity index (χ0v) is 13.3. The molecule has 0 fully saturated rings. The Morgan fingerprint density at radius 2 is 2.09 bits per heavy atom. The molecule has 3 aromatic rings. The third-order valence-corrected chi connectivity index (χ3v) is 4.40. The standard InChI is InChI=1S/C14H8Cl2N4OS/c15-8-2-1-3-9(12(8)16)19-13(21)11-7-22-14(20-11)10-6-17-4-5-18-10/h1-7H,(H,19,21). The van der Waals surface area contributed by atoms with Crippen molar-refractivity contribution < 1.29 is 4.79 Å². The molecule has 0 aliphatic carbocycles. The maximum atomic E-state index is 12.2. The minimum Gasteiger partial charge on any atom is -0.319 e. The molecule has 8 heteroatoms. The monoisotopic (exact) mass is 350 g/mol. The number of nitrogens with one attached hydrogen (secondary N) is 1. The van der Waals surface area contributed by atoms with E-state index in [1.807, 2.05) is 0 Å². The van der Waals surface area contributed by atoms with E-state index in [4.69, 9.17) is 23.2 Å². The van der Waals surface area contributed by atoms with Gasteiger partial charge in [0.15, 0.2) is 0 Å². The summed E-state index contributed by atoms with van der Waals surface area (Å²) >= 11 is 13.3. The molecule has 110 valence electrons. The van der Waals surface area contributed by atoms with Crippen LogP contribution in [-0.4, -0.2) is 20.9 Å². The fourth-order valence-electron chi connectivity index (χ4n) is 1.69. The van der Waals surface area contributed by atoms with Gasteiger partial charge in [0, 0.05) is 17.8 Å². The molecule has 22 heavy (non-hydrogen) atoms. The van der Waals surface area contributed by atoms with Crippen LogP contribution in [-0.2, 0) is 0 Å². The number of carbonyl (C=O) groups is 1. The first-order valence-corrected chi connectivity index (χ1v) is 7.76. The number of nitrogens with zero attached hydrogens (tertiary/aromatic N) is 3. The number of amides is 1. The average molecular weight is 351 g/mol. The molecule has 0 saturated heterocycles. The van der Waals surface area contributed by atoms with E-state index in [9.17, 15) is 4.79 Å². The highest BCUT2D eigenvalue weighted by Gasteiger charge is 2.14. The fraction of sp³-hybridized carbons (Fsp3) is 0. The number of carbonyl (C=O) groups excluding carboxylic acids is 1. The summed E-state index contributed by atoms with van der Waals surface area (Å²) in [6, 6.07) is 5.02. The van der Waals surface area contributed by atoms with Gasteiger partial charge >= 0.3 is 0 Å². The molecule has 1 N–H and O–H groups in total. The van der Waals surface area contributed by atoms with E-state index < -0.39 is 0 Å². The number of hydrogen-bond donors (Lipinski definition) is 1. The van der Waals surface area contributed by atoms with E-state index in [0.717, 1.165) is 0 Å². The highest BCUT2D eigenvalue weighted by molar-refractivity contribution is 7.13. The molecule has 3 rings (SSSR count). The first kappa shape index (κ1) is 14.9. The lowest BCUT2D eigenvalue weighted by molar-refractivity contribution is 0.102. The van der Waals surface area contributed by atoms with Crippen molar-refractivity contribution in [1.82, 2.24) is 15.0 Å². The van der Waals surface area contributed by atoms with Crippen molar-refractivity contribution in [3.05, 3.63) is 57.9 Å². The van der Waals surface area contributed by atoms with Gasteiger partial charge in [-0.3, -0.25) is 14.8 Å². The molecule has 0 aliphatic rings. The van der Waals surface area contributed by atoms with Crippen molar-refractivity contribution in [1.29, 1.82) is 0 Å². The van der Waals surface area contributed by atoms with Crippen LogP contribution in [0.15, 0.2) is 42.2 Å². The summed E-state index contributed by atoms with van der Waals surface area (Å²) in [7, 11) is 0. The summed E-state index contributed by atoms with van der Waals surface area (Å²) < 4.78 is 0. The Morgan fingerprint density at radius 3 is 2.86 bits per heavy atom. The van der Waals surface area contributed by atoms with Crippen LogP contribution in [0.3, 0.4) is 0 Å². The number of benzene rings is 1. The topological polar surface area (TPSA) is 67.8 Å². The van der Waals surface area contributed by atoms with E-state index >= 15 is 0 Å². The van der Waals surface area contributed by atoms with E-state index in [0.29, 0.717) is 26.4 Å². The van der Waals surface area contributed by atoms with Gasteiger partial charge < -0.3 is 5.32 Å². The Kier molecular flexibility index (Phi) is 4.33. The summed E-state index contributed by atoms with van der Waals surface area (Å²) in [5.41, 5.74) is 1.34. The molecular formula is C14H8Cl2N4OS. The predicted octanol–water partition coefficient (Wildman–Crippen LogP) is 4.16. The third kappa shape index (κ3) is 3.09. The zero-order chi connectivity index (χ0) is 15.5. The molecule has 0 spiro atoms. The van der Waals surface area contributed by atoms with Crippen molar-refractivity contribution >= 4 is 46.1 Å². The molecule has 0 bridgehead atoms. The smallest absolute Gasteiger partial charge is 0.275 e. The highest BCUT2D eigenvalue weighted by atomic mass is 35.5. The van der Waals surface area contributed by atoms with Gasteiger partial charge in [-0.1, -0.05) is 29.3 Å². The number of hydrogen-bond acceptors (Lipinski definition) is 5. The molecular weight excluding hydrogens is 343 g/mol. The van der Waals surface area contributed by atoms with Gasteiger partial charge in [0.05, 0.1) is 21.9 Å². The van der Waals surface area contributed by atoms with Gasteiger partial charge in [-0.25, -0.2) is 4.98 Å². The van der Waals surface area contributed by atoms with Crippen LogP contribution >= 0.6 is 34.5 Å². The molecule has 0 atom stereocenters. The second-order valence-electron chi connectivity index (χ2n) is 4.18. The quantitative estimate of drug-likeness (QED) is 0.769. The van der Waals surface area contributed by atoms with Crippen molar-refractivity contribution in [2.24, 2.45) is 0 Å². The minimum absolute atomic E-state index is 0.279. The highest BCUT2D eigenvalue weighted by Crippen LogP contribution is 2.30. The molecule has 0 radical (unpaired) electrons. The molecule has 2 heterocycles. The van der Waals surface area contributed by atoms with Gasteiger partial charge in [0.2, 0.25) is 0 Å². The molecule has 2 aromatic heterocycles. The van der Waals surface area contributed by atoms with Gasteiger partial charge in [0.25, 0.3) is 5.91 Å². The summed E-state index contributed by atoms with van der Waals surface area (Å²) in [6.07, 6.45) is 4.74. The third-order valence-electron chi connectivity index (χ3n) is 2.72. The van der Waals surface area contributed by atoms with Crippen molar-refractivity contribution in [3.8, 4) is 10.7 Å². The van der Waals surface area contributed by atoms with Gasteiger partial charge in [0.1, 0.15) is 16.4 Å². The summed E-state index contributed by atoms with van der Waals surface area (Å²) in [5, 5.41) is 5.62. The SMILES string of the molecule is O=C(Nc1cccc(Cl)c1Cl)c1csc(-c2cnccn2)n1. The lowest BCUT2D eigenvalue weighted by Gasteiger charge is -2.06. The summed E-state index contributed by atoms with van der Waals surface area (Å²) in [6.45, 7) is 0. The first-order valence-electron chi connectivity index (χ1n) is 6.12. The Bertz CT molecular complexity index is 823. The largest absolute Gasteiger partial charge is 0.319 e. The molecule has 1 aromatic carbocycles.